The number of rotatable bonds is 0. The van der Waals surface area contributed by atoms with Crippen LogP contribution in [0.5, 0.6) is 0 Å². The van der Waals surface area contributed by atoms with Gasteiger partial charge < -0.3 is 5.32 Å². The van der Waals surface area contributed by atoms with Crippen molar-refractivity contribution in [1.29, 1.82) is 0 Å². The smallest absolute Gasteiger partial charge is 0.264 e. The van der Waals surface area contributed by atoms with Gasteiger partial charge in [0.25, 0.3) is 22.6 Å². The van der Waals surface area contributed by atoms with Crippen molar-refractivity contribution in [1.82, 2.24) is 28.2 Å². The lowest BCUT2D eigenvalue weighted by molar-refractivity contribution is 0.0980. The molecule has 0 fully saturated rings. The molecule has 16 rings (SSSR count). The van der Waals surface area contributed by atoms with Gasteiger partial charge in [-0.3, -0.25) is 37.3 Å². The average molecular weight is 915 g/mol. The molecule has 1 unspecified atom stereocenters. The fourth-order valence-corrected chi connectivity index (χ4v) is 10.8. The molecule has 2 aliphatic rings. The zero-order valence-corrected chi connectivity index (χ0v) is 38.6. The average Bonchev–Trinajstić information content (AvgIpc) is 4.18. The van der Waals surface area contributed by atoms with Crippen LogP contribution < -0.4 is 26.9 Å². The van der Waals surface area contributed by atoms with Crippen molar-refractivity contribution in [3.8, 4) is 0 Å². The molecule has 6 aromatic heterocycles. The van der Waals surface area contributed by atoms with Gasteiger partial charge in [-0.2, -0.15) is 0 Å². The van der Waals surface area contributed by atoms with E-state index in [0.29, 0.717) is 38.7 Å². The third kappa shape index (κ3) is 5.43. The van der Waals surface area contributed by atoms with Crippen molar-refractivity contribution in [3.63, 3.8) is 0 Å². The molecule has 0 bridgehead atoms. The highest BCUT2D eigenvalue weighted by Crippen LogP contribution is 2.49. The van der Waals surface area contributed by atoms with Crippen LogP contribution in [0.4, 0.5) is 11.4 Å². The Balaban J connectivity index is 0.000000124. The molecule has 338 valence electrons. The van der Waals surface area contributed by atoms with Gasteiger partial charge in [-0.15, -0.1) is 0 Å². The number of pyridine rings is 3. The number of amides is 1. The largest absolute Gasteiger partial charge is 0.359 e. The van der Waals surface area contributed by atoms with Crippen LogP contribution in [0.25, 0.3) is 104 Å². The van der Waals surface area contributed by atoms with Crippen molar-refractivity contribution >= 4 is 121 Å². The molecular weight excluding hydrogens is 873 g/mol. The summed E-state index contributed by atoms with van der Waals surface area (Å²) < 4.78 is 5.04. The Kier molecular flexibility index (Phi) is 8.97. The highest BCUT2D eigenvalue weighted by atomic mass is 16.2. The second-order valence-electron chi connectivity index (χ2n) is 18.0. The van der Waals surface area contributed by atoms with Crippen LogP contribution in [0.15, 0.2) is 160 Å². The van der Waals surface area contributed by atoms with Crippen LogP contribution in [0, 0.1) is 0 Å². The highest BCUT2D eigenvalue weighted by molar-refractivity contribution is 6.29. The van der Waals surface area contributed by atoms with E-state index in [2.05, 4.69) is 39.1 Å². The number of anilines is 2. The van der Waals surface area contributed by atoms with Gasteiger partial charge in [0.2, 0.25) is 0 Å². The molecule has 0 spiro atoms. The second-order valence-corrected chi connectivity index (χ2v) is 18.0. The molecule has 0 saturated carbocycles. The minimum Gasteiger partial charge on any atom is -0.359 e. The molecule has 0 saturated heterocycles. The van der Waals surface area contributed by atoms with E-state index in [-0.39, 0.29) is 28.8 Å². The Morgan fingerprint density at radius 3 is 1.27 bits per heavy atom. The normalized spacial score (nSPS) is 14.0. The lowest BCUT2D eigenvalue weighted by atomic mass is 9.89. The molecule has 8 heterocycles. The van der Waals surface area contributed by atoms with E-state index in [1.54, 1.807) is 25.3 Å². The fraction of sp³-hybridized carbons (Fsp3) is 0.121. The van der Waals surface area contributed by atoms with E-state index in [1.165, 1.54) is 12.8 Å². The highest BCUT2D eigenvalue weighted by Gasteiger charge is 2.41. The summed E-state index contributed by atoms with van der Waals surface area (Å²) in [6, 6.07) is 46.0. The quantitative estimate of drug-likeness (QED) is 0.149. The predicted molar refractivity (Wildman–Crippen MR) is 283 cm³/mol. The van der Waals surface area contributed by atoms with E-state index in [4.69, 9.17) is 15.0 Å². The van der Waals surface area contributed by atoms with E-state index < -0.39 is 0 Å². The zero-order valence-electron chi connectivity index (χ0n) is 38.6. The molecule has 0 radical (unpaired) electrons. The van der Waals surface area contributed by atoms with Crippen molar-refractivity contribution in [2.45, 2.75) is 46.7 Å². The monoisotopic (exact) mass is 914 g/mol. The number of imidazole rings is 3. The fourth-order valence-electron chi connectivity index (χ4n) is 10.8. The van der Waals surface area contributed by atoms with Crippen LogP contribution in [-0.2, 0) is 0 Å². The Morgan fingerprint density at radius 2 is 0.800 bits per heavy atom. The molecule has 8 aromatic carbocycles. The number of hydrogen-bond donors (Lipinski definition) is 1. The summed E-state index contributed by atoms with van der Waals surface area (Å²) in [6.07, 6.45) is 2.20. The third-order valence-corrected chi connectivity index (χ3v) is 13.5. The molecule has 1 amide bonds. The van der Waals surface area contributed by atoms with E-state index in [1.807, 2.05) is 132 Å². The Hall–Kier alpha value is -9.03. The SMILES string of the molecule is CCC.CCC.O=C1c2ccc3c(=O)n4c5ccccc5nc4c4ccc(c2c34)C2Nc3ccccc3N12.O=c1c2ccc3c4c(ccc(c24)c2nc4ccccc4n12)c(=O)n1c2ccccc2nc31. The molecule has 2 aliphatic heterocycles. The molecule has 1 atom stereocenters. The Morgan fingerprint density at radius 1 is 0.429 bits per heavy atom. The maximum absolute atomic E-state index is 13.6. The van der Waals surface area contributed by atoms with Crippen molar-refractivity contribution in [2.75, 3.05) is 10.2 Å². The van der Waals surface area contributed by atoms with Gasteiger partial charge in [0, 0.05) is 65.0 Å². The number of carbonyl (C=O) groups is 1. The van der Waals surface area contributed by atoms with Gasteiger partial charge in [-0.1, -0.05) is 101 Å². The minimum atomic E-state index is -0.299. The maximum Gasteiger partial charge on any atom is 0.264 e. The van der Waals surface area contributed by atoms with E-state index >= 15 is 0 Å². The molecule has 0 aliphatic carbocycles. The summed E-state index contributed by atoms with van der Waals surface area (Å²) in [6.45, 7) is 8.50. The Labute approximate surface area is 397 Å². The first-order valence-corrected chi connectivity index (χ1v) is 23.7. The first-order chi connectivity index (χ1) is 34.3. The number of para-hydroxylation sites is 8. The topological polar surface area (TPSA) is 135 Å². The number of aromatic nitrogens is 6. The first kappa shape index (κ1) is 41.2. The Bertz CT molecular complexity index is 4530. The number of benzene rings is 8. The summed E-state index contributed by atoms with van der Waals surface area (Å²) in [7, 11) is 0. The lowest BCUT2D eigenvalue weighted by Crippen LogP contribution is -2.38. The number of fused-ring (bicyclic) bond motifs is 16. The van der Waals surface area contributed by atoms with Gasteiger partial charge in [0.15, 0.2) is 0 Å². The summed E-state index contributed by atoms with van der Waals surface area (Å²) in [5.41, 5.74) is 9.58. The summed E-state index contributed by atoms with van der Waals surface area (Å²) in [5.74, 6) is -0.0600. The van der Waals surface area contributed by atoms with Crippen molar-refractivity contribution in [3.05, 3.63) is 188 Å². The number of nitrogens with zero attached hydrogens (tertiary/aromatic N) is 7. The van der Waals surface area contributed by atoms with Crippen LogP contribution in [0.2, 0.25) is 0 Å². The first-order valence-electron chi connectivity index (χ1n) is 23.7. The number of carbonyl (C=O) groups excluding carboxylic acids is 1. The molecule has 12 heteroatoms. The zero-order chi connectivity index (χ0) is 47.7. The minimum absolute atomic E-state index is 0.0600. The molecule has 12 nitrogen and oxygen atoms in total. The van der Waals surface area contributed by atoms with Crippen LogP contribution in [0.1, 0.15) is 62.6 Å². The molecule has 1 N–H and O–H groups in total. The maximum atomic E-state index is 13.6. The molecular formula is C58H42N8O4. The van der Waals surface area contributed by atoms with E-state index in [0.717, 1.165) is 87.7 Å². The van der Waals surface area contributed by atoms with Gasteiger partial charge in [-0.05, 0) is 84.9 Å². The van der Waals surface area contributed by atoms with Gasteiger partial charge in [0.1, 0.15) is 23.1 Å². The standard InChI is InChI=1S/C26H12N4O2.C26H14N4O2.2C3H8/c31-25-15-12-10-14-22-16(26(32)30-20-8-4-2-6-18(20)28-24(14)30)11-9-13(21(15)22)23-27-17-5-1-3-7-19(17)29(23)25;31-25-15-11-12-16-22-14(24-28-18-6-2-4-8-20(18)30(24)26(16)32)10-9-13(21(15)22)23-27-17-5-1-3-7-19(17)29(23)25;2*1-3-2/h1-12H;1-12,23,27H;2*3H2,1-2H3. The van der Waals surface area contributed by atoms with Gasteiger partial charge >= 0.3 is 0 Å². The van der Waals surface area contributed by atoms with E-state index in [9.17, 15) is 19.2 Å². The molecule has 70 heavy (non-hydrogen) atoms. The number of hydrogen-bond acceptors (Lipinski definition) is 8. The van der Waals surface area contributed by atoms with Gasteiger partial charge in [-0.25, -0.2) is 15.0 Å². The summed E-state index contributed by atoms with van der Waals surface area (Å²) in [5, 5.41) is 11.1. The van der Waals surface area contributed by atoms with Crippen LogP contribution in [-0.4, -0.2) is 34.1 Å². The van der Waals surface area contributed by atoms with Crippen molar-refractivity contribution < 1.29 is 4.79 Å². The van der Waals surface area contributed by atoms with Crippen LogP contribution >= 0.6 is 0 Å². The number of nitrogens with one attached hydrogen (secondary N) is 1. The van der Waals surface area contributed by atoms with Gasteiger partial charge in [0.05, 0.1) is 44.5 Å². The van der Waals surface area contributed by atoms with Crippen molar-refractivity contribution in [2.24, 2.45) is 0 Å². The summed E-state index contributed by atoms with van der Waals surface area (Å²) >= 11 is 0. The third-order valence-electron chi connectivity index (χ3n) is 13.5. The predicted octanol–water partition coefficient (Wildman–Crippen LogP) is 11.9. The molecule has 14 aromatic rings. The second kappa shape index (κ2) is 15.2. The van der Waals surface area contributed by atoms with Crippen LogP contribution in [0.3, 0.4) is 0 Å². The lowest BCUT2D eigenvalue weighted by Gasteiger charge is -2.32. The summed E-state index contributed by atoms with van der Waals surface area (Å²) in [4.78, 5) is 70.5.